The number of alkyl halides is 3. The Balaban J connectivity index is 2.58. The van der Waals surface area contributed by atoms with Crippen molar-refractivity contribution in [1.82, 2.24) is 0 Å². The minimum Gasteiger partial charge on any atom is -0.507 e. The van der Waals surface area contributed by atoms with E-state index < -0.39 is 31.4 Å². The lowest BCUT2D eigenvalue weighted by Gasteiger charge is -2.09. The zero-order chi connectivity index (χ0) is 19.7. The summed E-state index contributed by atoms with van der Waals surface area (Å²) in [7, 11) is -4.43. The summed E-state index contributed by atoms with van der Waals surface area (Å²) in [5.41, 5.74) is 0.173. The molecule has 0 aliphatic rings. The summed E-state index contributed by atoms with van der Waals surface area (Å²) in [5, 5.41) is 19.0. The molecule has 0 fully saturated rings. The first-order valence-electron chi connectivity index (χ1n) is 7.31. The maximum absolute atomic E-state index is 12.8. The standard InChI is InChI=1S/C18H14F3NO3S/c1-11-6-13(7-12(2)17(11)23)8-16(10-22)26(24,25)15-5-3-4-14(9-15)18(19,20)21/h3-9,23H,1-2H3/b16-8+. The van der Waals surface area contributed by atoms with Crippen LogP contribution in [0.25, 0.3) is 6.08 Å². The molecular weight excluding hydrogens is 367 g/mol. The maximum Gasteiger partial charge on any atom is 0.416 e. The maximum atomic E-state index is 12.8. The second kappa shape index (κ2) is 6.84. The van der Waals surface area contributed by atoms with E-state index in [1.54, 1.807) is 13.8 Å². The van der Waals surface area contributed by atoms with E-state index in [0.29, 0.717) is 22.8 Å². The third kappa shape index (κ3) is 3.89. The summed E-state index contributed by atoms with van der Waals surface area (Å²) < 4.78 is 63.6. The van der Waals surface area contributed by atoms with Crippen LogP contribution in [0.5, 0.6) is 5.75 Å². The van der Waals surface area contributed by atoms with Crippen molar-refractivity contribution < 1.29 is 26.7 Å². The van der Waals surface area contributed by atoms with Gasteiger partial charge in [-0.15, -0.1) is 0 Å². The predicted octanol–water partition coefficient (Wildman–Crippen LogP) is 4.37. The number of nitrogens with zero attached hydrogens (tertiary/aromatic N) is 1. The smallest absolute Gasteiger partial charge is 0.416 e. The number of rotatable bonds is 3. The number of phenolic OH excluding ortho intramolecular Hbond substituents is 1. The molecule has 8 heteroatoms. The van der Waals surface area contributed by atoms with Gasteiger partial charge in [0, 0.05) is 0 Å². The highest BCUT2D eigenvalue weighted by Crippen LogP contribution is 2.32. The Hall–Kier alpha value is -2.79. The van der Waals surface area contributed by atoms with Crippen molar-refractivity contribution in [3.63, 3.8) is 0 Å². The number of nitriles is 1. The van der Waals surface area contributed by atoms with Gasteiger partial charge in [-0.1, -0.05) is 6.07 Å². The molecule has 2 aromatic rings. The molecule has 0 aromatic heterocycles. The van der Waals surface area contributed by atoms with Gasteiger partial charge in [-0.05, 0) is 66.9 Å². The van der Waals surface area contributed by atoms with Gasteiger partial charge in [0.2, 0.25) is 9.84 Å². The van der Waals surface area contributed by atoms with Crippen molar-refractivity contribution in [3.05, 3.63) is 63.6 Å². The molecule has 0 radical (unpaired) electrons. The van der Waals surface area contributed by atoms with Crippen LogP contribution in [-0.2, 0) is 16.0 Å². The molecule has 4 nitrogen and oxygen atoms in total. The molecule has 0 saturated heterocycles. The highest BCUT2D eigenvalue weighted by molar-refractivity contribution is 7.95. The Bertz CT molecular complexity index is 1010. The summed E-state index contributed by atoms with van der Waals surface area (Å²) in [5.74, 6) is 0.0430. The number of benzene rings is 2. The molecule has 0 spiro atoms. The Kier molecular flexibility index (Phi) is 5.14. The second-order valence-corrected chi connectivity index (χ2v) is 7.57. The van der Waals surface area contributed by atoms with Crippen LogP contribution in [0.3, 0.4) is 0 Å². The van der Waals surface area contributed by atoms with Gasteiger partial charge in [0.1, 0.15) is 16.7 Å². The molecule has 0 unspecified atom stereocenters. The van der Waals surface area contributed by atoms with E-state index in [0.717, 1.165) is 24.3 Å². The number of aryl methyl sites for hydroxylation is 2. The van der Waals surface area contributed by atoms with Gasteiger partial charge in [-0.2, -0.15) is 18.4 Å². The van der Waals surface area contributed by atoms with Gasteiger partial charge < -0.3 is 5.11 Å². The van der Waals surface area contributed by atoms with Crippen LogP contribution < -0.4 is 0 Å². The number of sulfone groups is 1. The van der Waals surface area contributed by atoms with Crippen molar-refractivity contribution in [3.8, 4) is 11.8 Å². The highest BCUT2D eigenvalue weighted by Gasteiger charge is 2.32. The average molecular weight is 381 g/mol. The highest BCUT2D eigenvalue weighted by atomic mass is 32.2. The fourth-order valence-corrected chi connectivity index (χ4v) is 3.57. The number of hydrogen-bond donors (Lipinski definition) is 1. The molecule has 0 atom stereocenters. The van der Waals surface area contributed by atoms with Gasteiger partial charge in [0.15, 0.2) is 0 Å². The third-order valence-electron chi connectivity index (χ3n) is 3.68. The van der Waals surface area contributed by atoms with Crippen molar-refractivity contribution in [2.75, 3.05) is 0 Å². The monoisotopic (exact) mass is 381 g/mol. The van der Waals surface area contributed by atoms with Crippen LogP contribution in [0.1, 0.15) is 22.3 Å². The molecule has 2 aromatic carbocycles. The fraction of sp³-hybridized carbons (Fsp3) is 0.167. The number of aromatic hydroxyl groups is 1. The van der Waals surface area contributed by atoms with Crippen molar-refractivity contribution in [1.29, 1.82) is 5.26 Å². The van der Waals surface area contributed by atoms with Crippen molar-refractivity contribution >= 4 is 15.9 Å². The van der Waals surface area contributed by atoms with Crippen LogP contribution in [-0.4, -0.2) is 13.5 Å². The minimum absolute atomic E-state index is 0.0430. The van der Waals surface area contributed by atoms with Gasteiger partial charge in [0.05, 0.1) is 10.5 Å². The lowest BCUT2D eigenvalue weighted by molar-refractivity contribution is -0.137. The molecule has 0 heterocycles. The van der Waals surface area contributed by atoms with Gasteiger partial charge >= 0.3 is 6.18 Å². The SMILES string of the molecule is Cc1cc(/C=C(\C#N)S(=O)(=O)c2cccc(C(F)(F)F)c2)cc(C)c1O. The third-order valence-corrected chi connectivity index (χ3v) is 5.35. The zero-order valence-corrected chi connectivity index (χ0v) is 14.6. The average Bonchev–Trinajstić information content (AvgIpc) is 2.56. The van der Waals surface area contributed by atoms with Crippen LogP contribution in [0.15, 0.2) is 46.2 Å². The van der Waals surface area contributed by atoms with Crippen LogP contribution in [0.2, 0.25) is 0 Å². The summed E-state index contributed by atoms with van der Waals surface area (Å²) >= 11 is 0. The Morgan fingerprint density at radius 2 is 1.73 bits per heavy atom. The van der Waals surface area contributed by atoms with Crippen LogP contribution in [0, 0.1) is 25.2 Å². The number of allylic oxidation sites excluding steroid dienone is 1. The molecule has 1 N–H and O–H groups in total. The molecule has 26 heavy (non-hydrogen) atoms. The Labute approximate surface area is 148 Å². The molecular formula is C18H14F3NO3S. The molecule has 0 saturated carbocycles. The van der Waals surface area contributed by atoms with E-state index in [1.165, 1.54) is 18.2 Å². The molecule has 0 aliphatic heterocycles. The molecule has 0 bridgehead atoms. The normalized spacial score (nSPS) is 12.7. The zero-order valence-electron chi connectivity index (χ0n) is 13.8. The lowest BCUT2D eigenvalue weighted by atomic mass is 10.1. The van der Waals surface area contributed by atoms with Crippen molar-refractivity contribution in [2.45, 2.75) is 24.9 Å². The van der Waals surface area contributed by atoms with Gasteiger partial charge in [-0.3, -0.25) is 0 Å². The second-order valence-electron chi connectivity index (χ2n) is 5.65. The molecule has 136 valence electrons. The van der Waals surface area contributed by atoms with Gasteiger partial charge in [-0.25, -0.2) is 8.42 Å². The Morgan fingerprint density at radius 1 is 1.15 bits per heavy atom. The summed E-state index contributed by atoms with van der Waals surface area (Å²) in [4.78, 5) is -1.31. The number of phenols is 1. The summed E-state index contributed by atoms with van der Waals surface area (Å²) in [6, 6.07) is 7.70. The summed E-state index contributed by atoms with van der Waals surface area (Å²) in [6.45, 7) is 3.21. The molecule has 0 aliphatic carbocycles. The first kappa shape index (κ1) is 19.5. The lowest BCUT2D eigenvalue weighted by Crippen LogP contribution is -2.08. The van der Waals surface area contributed by atoms with Gasteiger partial charge in [0.25, 0.3) is 0 Å². The van der Waals surface area contributed by atoms with E-state index in [1.807, 2.05) is 0 Å². The quantitative estimate of drug-likeness (QED) is 0.801. The van der Waals surface area contributed by atoms with E-state index in [9.17, 15) is 32.0 Å². The molecule has 2 rings (SSSR count). The topological polar surface area (TPSA) is 78.2 Å². The first-order valence-corrected chi connectivity index (χ1v) is 8.79. The number of hydrogen-bond acceptors (Lipinski definition) is 4. The van der Waals surface area contributed by atoms with Crippen molar-refractivity contribution in [2.24, 2.45) is 0 Å². The van der Waals surface area contributed by atoms with Crippen LogP contribution >= 0.6 is 0 Å². The fourth-order valence-electron chi connectivity index (χ4n) is 2.36. The van der Waals surface area contributed by atoms with E-state index in [-0.39, 0.29) is 5.75 Å². The van der Waals surface area contributed by atoms with E-state index in [4.69, 9.17) is 0 Å². The van der Waals surface area contributed by atoms with E-state index in [2.05, 4.69) is 0 Å². The first-order chi connectivity index (χ1) is 12.0. The Morgan fingerprint density at radius 3 is 2.23 bits per heavy atom. The molecule has 0 amide bonds. The largest absolute Gasteiger partial charge is 0.507 e. The minimum atomic E-state index is -4.70. The number of halogens is 3. The predicted molar refractivity (Wildman–Crippen MR) is 89.8 cm³/mol. The van der Waals surface area contributed by atoms with E-state index >= 15 is 0 Å². The van der Waals surface area contributed by atoms with Crippen LogP contribution in [0.4, 0.5) is 13.2 Å². The summed E-state index contributed by atoms with van der Waals surface area (Å²) in [6.07, 6.45) is -3.64.